The summed E-state index contributed by atoms with van der Waals surface area (Å²) in [7, 11) is 0. The van der Waals surface area contributed by atoms with Crippen molar-refractivity contribution in [2.75, 3.05) is 11.9 Å². The molecule has 0 aliphatic heterocycles. The number of hydrogen-bond acceptors (Lipinski definition) is 4. The first-order chi connectivity index (χ1) is 10.2. The van der Waals surface area contributed by atoms with Crippen molar-refractivity contribution in [2.24, 2.45) is 0 Å². The molecule has 5 heteroatoms. The summed E-state index contributed by atoms with van der Waals surface area (Å²) in [4.78, 5) is 14.8. The molecule has 1 aromatic heterocycles. The van der Waals surface area contributed by atoms with Gasteiger partial charge in [0.2, 0.25) is 0 Å². The summed E-state index contributed by atoms with van der Waals surface area (Å²) in [5.74, 6) is 0.529. The van der Waals surface area contributed by atoms with Gasteiger partial charge >= 0.3 is 5.69 Å². The van der Waals surface area contributed by atoms with Crippen LogP contribution in [0.4, 0.5) is 5.82 Å². The molecule has 0 fully saturated rings. The average Bonchev–Trinajstić information content (AvgIpc) is 2.48. The number of anilines is 1. The van der Waals surface area contributed by atoms with Gasteiger partial charge in [0, 0.05) is 12.6 Å². The molecular weight excluding hydrogens is 266 g/mol. The monoisotopic (exact) mass is 295 g/mol. The zero-order chi connectivity index (χ0) is 15.3. The van der Waals surface area contributed by atoms with Gasteiger partial charge in [-0.3, -0.25) is 0 Å². The van der Waals surface area contributed by atoms with Gasteiger partial charge in [0.1, 0.15) is 5.82 Å². The molecule has 0 radical (unpaired) electrons. The van der Waals surface area contributed by atoms with Crippen LogP contribution in [0.25, 0.3) is 0 Å². The SMILES string of the molecule is CCCCCCCCCCCCNc1ccn(O)c(=O)n1. The predicted molar refractivity (Wildman–Crippen MR) is 86.0 cm³/mol. The van der Waals surface area contributed by atoms with Gasteiger partial charge in [0.25, 0.3) is 0 Å². The highest BCUT2D eigenvalue weighted by molar-refractivity contribution is 5.31. The third kappa shape index (κ3) is 8.38. The minimum absolute atomic E-state index is 0.478. The first kappa shape index (κ1) is 17.5. The van der Waals surface area contributed by atoms with E-state index >= 15 is 0 Å². The fourth-order valence-corrected chi connectivity index (χ4v) is 2.32. The molecule has 0 amide bonds. The molecule has 0 aromatic carbocycles. The van der Waals surface area contributed by atoms with E-state index in [1.54, 1.807) is 6.07 Å². The van der Waals surface area contributed by atoms with E-state index in [1.807, 2.05) is 0 Å². The summed E-state index contributed by atoms with van der Waals surface area (Å²) in [6.07, 6.45) is 14.4. The highest BCUT2D eigenvalue weighted by Gasteiger charge is 1.97. The van der Waals surface area contributed by atoms with E-state index in [2.05, 4.69) is 17.2 Å². The molecule has 1 rings (SSSR count). The van der Waals surface area contributed by atoms with Crippen molar-refractivity contribution in [3.8, 4) is 0 Å². The third-order valence-corrected chi connectivity index (χ3v) is 3.62. The van der Waals surface area contributed by atoms with E-state index in [4.69, 9.17) is 5.21 Å². The standard InChI is InChI=1S/C16H29N3O2/c1-2-3-4-5-6-7-8-9-10-11-13-17-15-12-14-19(21)16(20)18-15/h12,14,21H,2-11,13H2,1H3,(H,17,18,20). The van der Waals surface area contributed by atoms with Crippen LogP contribution in [0, 0.1) is 0 Å². The third-order valence-electron chi connectivity index (χ3n) is 3.62. The molecule has 0 aliphatic carbocycles. The highest BCUT2D eigenvalue weighted by Crippen LogP contribution is 2.10. The Hall–Kier alpha value is -1.52. The number of hydrogen-bond donors (Lipinski definition) is 2. The highest BCUT2D eigenvalue weighted by atomic mass is 16.5. The fourth-order valence-electron chi connectivity index (χ4n) is 2.32. The summed E-state index contributed by atoms with van der Waals surface area (Å²) in [6, 6.07) is 1.59. The Labute approximate surface area is 127 Å². The average molecular weight is 295 g/mol. The van der Waals surface area contributed by atoms with Crippen molar-refractivity contribution in [3.05, 3.63) is 22.7 Å². The number of rotatable bonds is 12. The van der Waals surface area contributed by atoms with Gasteiger partial charge in [0.05, 0.1) is 6.20 Å². The number of aromatic nitrogens is 2. The Morgan fingerprint density at radius 2 is 1.62 bits per heavy atom. The smallest absolute Gasteiger partial charge is 0.382 e. The summed E-state index contributed by atoms with van der Waals surface area (Å²) < 4.78 is 0.478. The first-order valence-corrected chi connectivity index (χ1v) is 8.27. The predicted octanol–water partition coefficient (Wildman–Crippen LogP) is 3.81. The lowest BCUT2D eigenvalue weighted by Crippen LogP contribution is -2.21. The summed E-state index contributed by atoms with van der Waals surface area (Å²) in [6.45, 7) is 3.07. The van der Waals surface area contributed by atoms with Crippen molar-refractivity contribution in [3.63, 3.8) is 0 Å². The lowest BCUT2D eigenvalue weighted by molar-refractivity contribution is 0.170. The molecular formula is C16H29N3O2. The Morgan fingerprint density at radius 1 is 1.05 bits per heavy atom. The van der Waals surface area contributed by atoms with Crippen LogP contribution in [0.2, 0.25) is 0 Å². The van der Waals surface area contributed by atoms with Crippen LogP contribution < -0.4 is 11.0 Å². The number of nitrogens with zero attached hydrogens (tertiary/aromatic N) is 2. The lowest BCUT2D eigenvalue weighted by Gasteiger charge is -2.05. The lowest BCUT2D eigenvalue weighted by atomic mass is 10.1. The van der Waals surface area contributed by atoms with Gasteiger partial charge in [-0.05, 0) is 6.42 Å². The topological polar surface area (TPSA) is 67.2 Å². The molecule has 0 spiro atoms. The van der Waals surface area contributed by atoms with Crippen LogP contribution in [0.5, 0.6) is 0 Å². The van der Waals surface area contributed by atoms with E-state index in [0.717, 1.165) is 13.0 Å². The van der Waals surface area contributed by atoms with E-state index in [1.165, 1.54) is 64.0 Å². The molecule has 0 saturated carbocycles. The molecule has 120 valence electrons. The second kappa shape index (κ2) is 11.2. The Balaban J connectivity index is 1.93. The minimum Gasteiger partial charge on any atom is -0.424 e. The van der Waals surface area contributed by atoms with Gasteiger partial charge in [-0.2, -0.15) is 4.98 Å². The zero-order valence-corrected chi connectivity index (χ0v) is 13.2. The largest absolute Gasteiger partial charge is 0.424 e. The Morgan fingerprint density at radius 3 is 2.19 bits per heavy atom. The van der Waals surface area contributed by atoms with Gasteiger partial charge in [-0.1, -0.05) is 64.7 Å². The molecule has 0 aliphatic rings. The van der Waals surface area contributed by atoms with Gasteiger partial charge in [-0.15, -0.1) is 4.73 Å². The maximum Gasteiger partial charge on any atom is 0.382 e. The molecule has 1 aromatic rings. The number of nitrogens with one attached hydrogen (secondary N) is 1. The molecule has 0 atom stereocenters. The molecule has 5 nitrogen and oxygen atoms in total. The van der Waals surface area contributed by atoms with E-state index < -0.39 is 5.69 Å². The van der Waals surface area contributed by atoms with Gasteiger partial charge < -0.3 is 10.5 Å². The van der Waals surface area contributed by atoms with Crippen molar-refractivity contribution in [1.29, 1.82) is 0 Å². The van der Waals surface area contributed by atoms with Crippen LogP contribution in [-0.2, 0) is 0 Å². The van der Waals surface area contributed by atoms with Crippen LogP contribution in [0.15, 0.2) is 17.1 Å². The second-order valence-electron chi connectivity index (χ2n) is 5.55. The van der Waals surface area contributed by atoms with Crippen molar-refractivity contribution in [2.45, 2.75) is 71.1 Å². The van der Waals surface area contributed by atoms with E-state index in [-0.39, 0.29) is 0 Å². The summed E-state index contributed by atoms with van der Waals surface area (Å²) >= 11 is 0. The Bertz CT molecular complexity index is 432. The van der Waals surface area contributed by atoms with Crippen LogP contribution in [0.1, 0.15) is 71.1 Å². The number of unbranched alkanes of at least 4 members (excludes halogenated alkanes) is 9. The molecule has 0 saturated heterocycles. The van der Waals surface area contributed by atoms with Crippen LogP contribution in [0.3, 0.4) is 0 Å². The molecule has 1 heterocycles. The fraction of sp³-hybridized carbons (Fsp3) is 0.750. The Kier molecular flexibility index (Phi) is 9.33. The molecule has 2 N–H and O–H groups in total. The summed E-state index contributed by atoms with van der Waals surface area (Å²) in [5, 5.41) is 12.1. The van der Waals surface area contributed by atoms with Crippen LogP contribution in [-0.4, -0.2) is 21.5 Å². The van der Waals surface area contributed by atoms with E-state index in [9.17, 15) is 4.79 Å². The maximum absolute atomic E-state index is 11.1. The first-order valence-electron chi connectivity index (χ1n) is 8.27. The maximum atomic E-state index is 11.1. The second-order valence-corrected chi connectivity index (χ2v) is 5.55. The molecule has 0 bridgehead atoms. The van der Waals surface area contributed by atoms with Gasteiger partial charge in [-0.25, -0.2) is 4.79 Å². The van der Waals surface area contributed by atoms with Gasteiger partial charge in [0.15, 0.2) is 0 Å². The normalized spacial score (nSPS) is 10.7. The van der Waals surface area contributed by atoms with Crippen molar-refractivity contribution >= 4 is 5.82 Å². The van der Waals surface area contributed by atoms with Crippen molar-refractivity contribution in [1.82, 2.24) is 9.71 Å². The van der Waals surface area contributed by atoms with Crippen molar-refractivity contribution < 1.29 is 5.21 Å². The van der Waals surface area contributed by atoms with Crippen LogP contribution >= 0.6 is 0 Å². The zero-order valence-electron chi connectivity index (χ0n) is 13.2. The molecule has 21 heavy (non-hydrogen) atoms. The minimum atomic E-state index is -0.650. The van der Waals surface area contributed by atoms with E-state index in [0.29, 0.717) is 10.5 Å². The molecule has 0 unspecified atom stereocenters. The quantitative estimate of drug-likeness (QED) is 0.454. The summed E-state index contributed by atoms with van der Waals surface area (Å²) in [5.41, 5.74) is -0.650.